The predicted octanol–water partition coefficient (Wildman–Crippen LogP) is 3.29. The van der Waals surface area contributed by atoms with Gasteiger partial charge in [0.25, 0.3) is 0 Å². The molecule has 1 saturated heterocycles. The van der Waals surface area contributed by atoms with Gasteiger partial charge in [-0.05, 0) is 24.7 Å². The Labute approximate surface area is 165 Å². The Morgan fingerprint density at radius 1 is 1.21 bits per heavy atom. The summed E-state index contributed by atoms with van der Waals surface area (Å²) in [6.07, 6.45) is 2.47. The zero-order valence-electron chi connectivity index (χ0n) is 15.2. The minimum absolute atomic E-state index is 0.140. The summed E-state index contributed by atoms with van der Waals surface area (Å²) in [4.78, 5) is 10.1. The minimum atomic E-state index is -4.14. The summed E-state index contributed by atoms with van der Waals surface area (Å²) in [6, 6.07) is 0.140. The SMILES string of the molecule is Cn1cc(Nc2ncc(Cl)c(NC3CC4CN(CC(F)(F)F)CC4C3)n2)cn1. The van der Waals surface area contributed by atoms with E-state index in [2.05, 4.69) is 25.7 Å². The zero-order valence-corrected chi connectivity index (χ0v) is 16.0. The van der Waals surface area contributed by atoms with Gasteiger partial charge in [-0.2, -0.15) is 23.3 Å². The first-order chi connectivity index (χ1) is 13.2. The van der Waals surface area contributed by atoms with Gasteiger partial charge in [0, 0.05) is 32.4 Å². The number of aryl methyl sites for hydroxylation is 1. The molecule has 2 aliphatic rings. The lowest BCUT2D eigenvalue weighted by atomic mass is 10.0. The van der Waals surface area contributed by atoms with Crippen molar-refractivity contribution < 1.29 is 13.2 Å². The topological polar surface area (TPSA) is 70.9 Å². The highest BCUT2D eigenvalue weighted by atomic mass is 35.5. The Morgan fingerprint density at radius 2 is 1.93 bits per heavy atom. The molecule has 4 rings (SSSR count). The summed E-state index contributed by atoms with van der Waals surface area (Å²) in [5.74, 6) is 1.47. The van der Waals surface area contributed by atoms with E-state index in [1.54, 1.807) is 17.1 Å². The van der Waals surface area contributed by atoms with Crippen LogP contribution in [-0.4, -0.2) is 56.5 Å². The molecule has 2 atom stereocenters. The third-order valence-electron chi connectivity index (χ3n) is 5.28. The van der Waals surface area contributed by atoms with Gasteiger partial charge in [0.1, 0.15) is 5.02 Å². The minimum Gasteiger partial charge on any atom is -0.366 e. The van der Waals surface area contributed by atoms with Crippen LogP contribution in [0, 0.1) is 11.8 Å². The van der Waals surface area contributed by atoms with Crippen molar-refractivity contribution in [2.24, 2.45) is 18.9 Å². The maximum Gasteiger partial charge on any atom is 0.401 e. The van der Waals surface area contributed by atoms with E-state index in [1.165, 1.54) is 11.1 Å². The molecule has 7 nitrogen and oxygen atoms in total. The molecule has 0 radical (unpaired) electrons. The molecule has 2 fully saturated rings. The number of anilines is 3. The van der Waals surface area contributed by atoms with Gasteiger partial charge >= 0.3 is 6.18 Å². The van der Waals surface area contributed by atoms with Crippen molar-refractivity contribution >= 4 is 29.1 Å². The lowest BCUT2D eigenvalue weighted by molar-refractivity contribution is -0.144. The number of nitrogens with zero attached hydrogens (tertiary/aromatic N) is 5. The van der Waals surface area contributed by atoms with Crippen molar-refractivity contribution in [2.75, 3.05) is 30.3 Å². The highest BCUT2D eigenvalue weighted by molar-refractivity contribution is 6.32. The van der Waals surface area contributed by atoms with E-state index in [1.807, 2.05) is 7.05 Å². The van der Waals surface area contributed by atoms with Gasteiger partial charge in [-0.1, -0.05) is 11.6 Å². The number of rotatable bonds is 5. The molecule has 0 amide bonds. The van der Waals surface area contributed by atoms with Gasteiger partial charge in [-0.15, -0.1) is 0 Å². The Morgan fingerprint density at radius 3 is 2.54 bits per heavy atom. The molecule has 1 saturated carbocycles. The molecular weight excluding hydrogens is 395 g/mol. The molecule has 0 aromatic carbocycles. The number of halogens is 4. The molecule has 0 spiro atoms. The van der Waals surface area contributed by atoms with Crippen LogP contribution in [0.2, 0.25) is 5.02 Å². The maximum absolute atomic E-state index is 12.6. The molecule has 2 aromatic rings. The molecule has 28 heavy (non-hydrogen) atoms. The second-order valence-corrected chi connectivity index (χ2v) is 7.97. The van der Waals surface area contributed by atoms with Crippen molar-refractivity contribution in [3.63, 3.8) is 0 Å². The average molecular weight is 416 g/mol. The van der Waals surface area contributed by atoms with Crippen LogP contribution in [0.3, 0.4) is 0 Å². The molecule has 2 aromatic heterocycles. The first kappa shape index (κ1) is 19.3. The molecule has 152 valence electrons. The summed E-state index contributed by atoms with van der Waals surface area (Å²) < 4.78 is 39.4. The summed E-state index contributed by atoms with van der Waals surface area (Å²) in [5.41, 5.74) is 0.760. The Balaban J connectivity index is 1.36. The highest BCUT2D eigenvalue weighted by Crippen LogP contribution is 2.40. The van der Waals surface area contributed by atoms with Crippen LogP contribution < -0.4 is 10.6 Å². The smallest absolute Gasteiger partial charge is 0.366 e. The number of likely N-dealkylation sites (tertiary alicyclic amines) is 1. The Bertz CT molecular complexity index is 826. The molecule has 3 heterocycles. The monoisotopic (exact) mass is 415 g/mol. The molecule has 2 unspecified atom stereocenters. The number of aromatic nitrogens is 4. The van der Waals surface area contributed by atoms with Gasteiger partial charge in [-0.25, -0.2) is 4.98 Å². The van der Waals surface area contributed by atoms with Crippen LogP contribution >= 0.6 is 11.6 Å². The van der Waals surface area contributed by atoms with Crippen LogP contribution in [0.25, 0.3) is 0 Å². The number of hydrogen-bond acceptors (Lipinski definition) is 6. The fourth-order valence-electron chi connectivity index (χ4n) is 4.23. The third-order valence-corrected chi connectivity index (χ3v) is 5.55. The van der Waals surface area contributed by atoms with E-state index < -0.39 is 12.7 Å². The first-order valence-electron chi connectivity index (χ1n) is 9.09. The van der Waals surface area contributed by atoms with Crippen LogP contribution in [0.4, 0.5) is 30.6 Å². The van der Waals surface area contributed by atoms with E-state index in [-0.39, 0.29) is 17.9 Å². The van der Waals surface area contributed by atoms with Gasteiger partial charge in [0.2, 0.25) is 5.95 Å². The van der Waals surface area contributed by atoms with Crippen LogP contribution in [0.5, 0.6) is 0 Å². The van der Waals surface area contributed by atoms with Gasteiger partial charge in [0.05, 0.1) is 24.6 Å². The van der Waals surface area contributed by atoms with E-state index in [0.29, 0.717) is 29.9 Å². The standard InChI is InChI=1S/C17H21ClF3N7/c1-27-8-13(4-23-27)25-16-22-5-14(18)15(26-16)24-12-2-10-6-28(7-11(10)3-12)9-17(19,20)21/h4-5,8,10-12H,2-3,6-7,9H2,1H3,(H2,22,24,25,26). The van der Waals surface area contributed by atoms with Gasteiger partial charge < -0.3 is 10.6 Å². The highest BCUT2D eigenvalue weighted by Gasteiger charge is 2.44. The maximum atomic E-state index is 12.6. The number of hydrogen-bond donors (Lipinski definition) is 2. The van der Waals surface area contributed by atoms with Crippen molar-refractivity contribution in [1.29, 1.82) is 0 Å². The first-order valence-corrected chi connectivity index (χ1v) is 9.47. The number of fused-ring (bicyclic) bond motifs is 1. The molecule has 2 N–H and O–H groups in total. The largest absolute Gasteiger partial charge is 0.401 e. The van der Waals surface area contributed by atoms with E-state index in [0.717, 1.165) is 18.5 Å². The second kappa shape index (κ2) is 7.40. The van der Waals surface area contributed by atoms with Crippen molar-refractivity contribution in [2.45, 2.75) is 25.1 Å². The Hall–Kier alpha value is -2.07. The van der Waals surface area contributed by atoms with Crippen molar-refractivity contribution in [1.82, 2.24) is 24.6 Å². The third kappa shape index (κ3) is 4.49. The van der Waals surface area contributed by atoms with Crippen molar-refractivity contribution in [3.05, 3.63) is 23.6 Å². The van der Waals surface area contributed by atoms with E-state index >= 15 is 0 Å². The summed E-state index contributed by atoms with van der Waals surface area (Å²) in [5, 5.41) is 10.9. The van der Waals surface area contributed by atoms with E-state index in [9.17, 15) is 13.2 Å². The van der Waals surface area contributed by atoms with Gasteiger partial charge in [0.15, 0.2) is 5.82 Å². The molecule has 1 aliphatic carbocycles. The predicted molar refractivity (Wildman–Crippen MR) is 99.7 cm³/mol. The summed E-state index contributed by atoms with van der Waals surface area (Å²) in [7, 11) is 1.81. The number of alkyl halides is 3. The van der Waals surface area contributed by atoms with Crippen LogP contribution in [-0.2, 0) is 7.05 Å². The molecular formula is C17H21ClF3N7. The lowest BCUT2D eigenvalue weighted by Gasteiger charge is -2.21. The lowest BCUT2D eigenvalue weighted by Crippen LogP contribution is -2.34. The quantitative estimate of drug-likeness (QED) is 0.781. The van der Waals surface area contributed by atoms with Crippen LogP contribution in [0.1, 0.15) is 12.8 Å². The molecule has 1 aliphatic heterocycles. The fraction of sp³-hybridized carbons (Fsp3) is 0.588. The van der Waals surface area contributed by atoms with Gasteiger partial charge in [-0.3, -0.25) is 9.58 Å². The molecule has 11 heteroatoms. The summed E-state index contributed by atoms with van der Waals surface area (Å²) >= 11 is 6.23. The summed E-state index contributed by atoms with van der Waals surface area (Å²) in [6.45, 7) is 0.167. The average Bonchev–Trinajstić information content (AvgIpc) is 3.24. The fourth-order valence-corrected chi connectivity index (χ4v) is 4.38. The van der Waals surface area contributed by atoms with Crippen molar-refractivity contribution in [3.8, 4) is 0 Å². The Kier molecular flexibility index (Phi) is 5.09. The van der Waals surface area contributed by atoms with Crippen LogP contribution in [0.15, 0.2) is 18.6 Å². The molecule has 0 bridgehead atoms. The van der Waals surface area contributed by atoms with E-state index in [4.69, 9.17) is 11.6 Å². The number of nitrogens with one attached hydrogen (secondary N) is 2. The normalized spacial score (nSPS) is 25.1. The zero-order chi connectivity index (χ0) is 19.9. The second-order valence-electron chi connectivity index (χ2n) is 7.56.